The highest BCUT2D eigenvalue weighted by atomic mass is 16.6. The number of fused-ring (bicyclic) bond motifs is 2. The molecule has 4 atom stereocenters. The minimum atomic E-state index is -1.12. The third kappa shape index (κ3) is 5.33. The number of hydrogen-bond acceptors (Lipinski definition) is 10. The van der Waals surface area contributed by atoms with E-state index in [9.17, 15) is 15.3 Å². The van der Waals surface area contributed by atoms with Gasteiger partial charge in [-0.25, -0.2) is 15.0 Å². The summed E-state index contributed by atoms with van der Waals surface area (Å²) in [6, 6.07) is 7.11. The Bertz CT molecular complexity index is 1460. The van der Waals surface area contributed by atoms with Gasteiger partial charge < -0.3 is 25.8 Å². The van der Waals surface area contributed by atoms with Gasteiger partial charge in [0.1, 0.15) is 30.2 Å². The summed E-state index contributed by atoms with van der Waals surface area (Å²) in [7, 11) is 0. The summed E-state index contributed by atoms with van der Waals surface area (Å²) in [6.45, 7) is 9.08. The molecule has 0 unspecified atom stereocenters. The van der Waals surface area contributed by atoms with Gasteiger partial charge in [0.2, 0.25) is 0 Å². The molecule has 2 fully saturated rings. The van der Waals surface area contributed by atoms with Gasteiger partial charge in [-0.15, -0.1) is 0 Å². The van der Waals surface area contributed by atoms with E-state index in [-0.39, 0.29) is 23.9 Å². The lowest BCUT2D eigenvalue weighted by Crippen LogP contribution is -2.52. The summed E-state index contributed by atoms with van der Waals surface area (Å²) in [5.41, 5.74) is 11.3. The second-order valence-electron chi connectivity index (χ2n) is 13.2. The van der Waals surface area contributed by atoms with Crippen LogP contribution in [0.4, 0.5) is 11.5 Å². The van der Waals surface area contributed by atoms with Gasteiger partial charge in [0.25, 0.3) is 0 Å². The minimum Gasteiger partial charge on any atom is -0.395 e. The van der Waals surface area contributed by atoms with Crippen LogP contribution < -0.4 is 5.73 Å². The lowest BCUT2D eigenvalue weighted by atomic mass is 9.75. The average Bonchev–Trinajstić information content (AvgIpc) is 3.63. The van der Waals surface area contributed by atoms with Crippen LogP contribution in [0.1, 0.15) is 70.7 Å². The number of nitrogens with two attached hydrogens (primary N) is 1. The fourth-order valence-corrected chi connectivity index (χ4v) is 6.64. The first-order valence-corrected chi connectivity index (χ1v) is 15.1. The molecule has 0 amide bonds. The molecular weight excluding hydrogens is 534 g/mol. The van der Waals surface area contributed by atoms with Gasteiger partial charge in [-0.2, -0.15) is 0 Å². The molecule has 3 aromatic rings. The quantitative estimate of drug-likeness (QED) is 0.285. The number of anilines is 1. The molecule has 1 saturated carbocycles. The number of aliphatic imine (C=N–C) groups is 1. The number of aromatic nitrogens is 4. The molecule has 2 aromatic heterocycles. The van der Waals surface area contributed by atoms with Crippen LogP contribution in [0.15, 0.2) is 35.8 Å². The number of aliphatic hydroxyl groups is 3. The fraction of sp³-hybridized carbons (Fsp3) is 0.613. The number of aliphatic hydroxyl groups excluding tert-OH is 3. The van der Waals surface area contributed by atoms with E-state index < -0.39 is 24.5 Å². The van der Waals surface area contributed by atoms with Crippen molar-refractivity contribution in [1.29, 1.82) is 0 Å². The van der Waals surface area contributed by atoms with E-state index in [0.717, 1.165) is 43.4 Å². The van der Waals surface area contributed by atoms with Crippen LogP contribution in [0.3, 0.4) is 0 Å². The SMILES string of the molecule is CC(C)N(C[C@H]1O[C@@H](n2cnc3c(N)ncnc32)[C@H](O)[C@@H]1O)[C@H]1C[C@H](CCC2=Nc3cc(C(C)(C)CO)ccc3C2)C1. The number of imidazole rings is 1. The van der Waals surface area contributed by atoms with Gasteiger partial charge in [-0.05, 0) is 62.6 Å². The molecule has 11 heteroatoms. The van der Waals surface area contributed by atoms with Crippen LogP contribution in [0.25, 0.3) is 11.2 Å². The van der Waals surface area contributed by atoms with Crippen molar-refractivity contribution < 1.29 is 20.1 Å². The lowest BCUT2D eigenvalue weighted by Gasteiger charge is -2.46. The second-order valence-corrected chi connectivity index (χ2v) is 13.2. The summed E-state index contributed by atoms with van der Waals surface area (Å²) in [5, 5.41) is 31.6. The normalized spacial score (nSPS) is 27.6. The highest BCUT2D eigenvalue weighted by Crippen LogP contribution is 2.40. The van der Waals surface area contributed by atoms with Crippen molar-refractivity contribution in [1.82, 2.24) is 24.4 Å². The summed E-state index contributed by atoms with van der Waals surface area (Å²) in [4.78, 5) is 19.9. The average molecular weight is 578 g/mol. The van der Waals surface area contributed by atoms with Crippen molar-refractivity contribution in [2.75, 3.05) is 18.9 Å². The summed E-state index contributed by atoms with van der Waals surface area (Å²) >= 11 is 0. The van der Waals surface area contributed by atoms with Gasteiger partial charge in [0.05, 0.1) is 18.6 Å². The predicted molar refractivity (Wildman–Crippen MR) is 161 cm³/mol. The molecule has 5 N–H and O–H groups in total. The van der Waals surface area contributed by atoms with Crippen LogP contribution in [-0.4, -0.2) is 89.0 Å². The molecule has 11 nitrogen and oxygen atoms in total. The van der Waals surface area contributed by atoms with E-state index in [4.69, 9.17) is 15.5 Å². The smallest absolute Gasteiger partial charge is 0.167 e. The second kappa shape index (κ2) is 11.3. The zero-order valence-electron chi connectivity index (χ0n) is 24.9. The van der Waals surface area contributed by atoms with Gasteiger partial charge in [-0.3, -0.25) is 14.5 Å². The van der Waals surface area contributed by atoms with E-state index in [1.807, 2.05) is 0 Å². The molecule has 2 aliphatic heterocycles. The monoisotopic (exact) mass is 577 g/mol. The number of ether oxygens (including phenoxy) is 1. The third-order valence-electron chi connectivity index (χ3n) is 9.51. The molecule has 0 bridgehead atoms. The Kier molecular flexibility index (Phi) is 7.82. The van der Waals surface area contributed by atoms with E-state index in [1.165, 1.54) is 23.9 Å². The van der Waals surface area contributed by atoms with Crippen molar-refractivity contribution in [2.24, 2.45) is 10.9 Å². The van der Waals surface area contributed by atoms with Gasteiger partial charge in [0.15, 0.2) is 17.7 Å². The van der Waals surface area contributed by atoms with E-state index in [0.29, 0.717) is 29.7 Å². The molecular formula is C31H43N7O4. The fourth-order valence-electron chi connectivity index (χ4n) is 6.64. The molecule has 226 valence electrons. The summed E-state index contributed by atoms with van der Waals surface area (Å²) in [5.74, 6) is 0.899. The first kappa shape index (κ1) is 29.1. The number of hydrogen-bond donors (Lipinski definition) is 4. The molecule has 42 heavy (non-hydrogen) atoms. The van der Waals surface area contributed by atoms with Crippen molar-refractivity contribution in [3.05, 3.63) is 42.0 Å². The Morgan fingerprint density at radius 1 is 1.14 bits per heavy atom. The van der Waals surface area contributed by atoms with Crippen LogP contribution in [0.5, 0.6) is 0 Å². The maximum atomic E-state index is 10.9. The number of benzene rings is 1. The molecule has 1 saturated heterocycles. The van der Waals surface area contributed by atoms with E-state index in [1.54, 1.807) is 4.57 Å². The predicted octanol–water partition coefficient (Wildman–Crippen LogP) is 2.90. The largest absolute Gasteiger partial charge is 0.395 e. The van der Waals surface area contributed by atoms with Crippen molar-refractivity contribution >= 4 is 28.4 Å². The van der Waals surface area contributed by atoms with Gasteiger partial charge >= 0.3 is 0 Å². The Morgan fingerprint density at radius 3 is 2.67 bits per heavy atom. The van der Waals surface area contributed by atoms with Crippen LogP contribution in [-0.2, 0) is 16.6 Å². The molecule has 3 aliphatic rings. The first-order valence-electron chi connectivity index (χ1n) is 15.1. The Balaban J connectivity index is 1.04. The van der Waals surface area contributed by atoms with Crippen LogP contribution in [0.2, 0.25) is 0 Å². The summed E-state index contributed by atoms with van der Waals surface area (Å²) in [6.07, 6.45) is 4.60. The molecule has 1 aromatic carbocycles. The Labute approximate surface area is 246 Å². The first-order chi connectivity index (χ1) is 20.1. The van der Waals surface area contributed by atoms with Crippen molar-refractivity contribution in [3.8, 4) is 0 Å². The molecule has 1 aliphatic carbocycles. The third-order valence-corrected chi connectivity index (χ3v) is 9.51. The van der Waals surface area contributed by atoms with Gasteiger partial charge in [-0.1, -0.05) is 26.0 Å². The Morgan fingerprint density at radius 2 is 1.93 bits per heavy atom. The number of rotatable bonds is 10. The molecule has 0 radical (unpaired) electrons. The standard InChI is InChI=1S/C31H43N7O4/c1-17(2)37(13-24-26(40)27(41)30(42-24)38-16-35-25-28(32)33-15-34-29(25)38)22-9-18(10-22)5-8-21-11-19-6-7-20(12-23(19)36-21)31(3,4)14-39/h6-7,12,15-18,22,24,26-27,30,39-41H,5,8-11,13-14H2,1-4H3,(H2,32,33,34)/t18-,22-,24-,26-,27-,30-/m1/s1. The molecule has 4 heterocycles. The topological polar surface area (TPSA) is 155 Å². The highest BCUT2D eigenvalue weighted by molar-refractivity contribution is 5.94. The van der Waals surface area contributed by atoms with E-state index >= 15 is 0 Å². The van der Waals surface area contributed by atoms with Crippen molar-refractivity contribution in [2.45, 2.75) is 102 Å². The minimum absolute atomic E-state index is 0.109. The molecule has 0 spiro atoms. The number of nitrogen functional groups attached to an aromatic ring is 1. The maximum Gasteiger partial charge on any atom is 0.167 e. The lowest BCUT2D eigenvalue weighted by molar-refractivity contribution is -0.0619. The summed E-state index contributed by atoms with van der Waals surface area (Å²) < 4.78 is 7.86. The van der Waals surface area contributed by atoms with E-state index in [2.05, 4.69) is 65.7 Å². The zero-order valence-corrected chi connectivity index (χ0v) is 24.9. The van der Waals surface area contributed by atoms with Gasteiger partial charge in [0, 0.05) is 36.2 Å². The van der Waals surface area contributed by atoms with Crippen LogP contribution >= 0.6 is 0 Å². The zero-order chi connectivity index (χ0) is 29.8. The maximum absolute atomic E-state index is 10.9. The highest BCUT2D eigenvalue weighted by Gasteiger charge is 2.46. The number of nitrogens with zero attached hydrogens (tertiary/aromatic N) is 6. The van der Waals surface area contributed by atoms with Crippen molar-refractivity contribution in [3.63, 3.8) is 0 Å². The Hall–Kier alpha value is -2.96. The molecule has 6 rings (SSSR count). The van der Waals surface area contributed by atoms with Crippen LogP contribution in [0, 0.1) is 5.92 Å².